The van der Waals surface area contributed by atoms with Crippen LogP contribution >= 0.6 is 0 Å². The average Bonchev–Trinajstić information content (AvgIpc) is 3.28. The molecule has 3 aliphatic rings. The highest BCUT2D eigenvalue weighted by atomic mass is 16.5. The SMILES string of the molecule is COc1ccc(-c2[nH]ncc2C(=O)N2CC3CC(C2)C2CCCC(=O)N2C3)cc1OC. The lowest BCUT2D eigenvalue weighted by atomic mass is 9.76. The lowest BCUT2D eigenvalue weighted by molar-refractivity contribution is -0.144. The second-order valence-corrected chi connectivity index (χ2v) is 8.81. The number of carbonyl (C=O) groups excluding carboxylic acids is 2. The minimum Gasteiger partial charge on any atom is -0.493 e. The minimum absolute atomic E-state index is 0.0104. The van der Waals surface area contributed by atoms with Gasteiger partial charge in [-0.1, -0.05) is 0 Å². The number of nitrogens with zero attached hydrogens (tertiary/aromatic N) is 3. The van der Waals surface area contributed by atoms with Crippen molar-refractivity contribution < 1.29 is 19.1 Å². The van der Waals surface area contributed by atoms with Crippen molar-refractivity contribution in [2.75, 3.05) is 33.9 Å². The lowest BCUT2D eigenvalue weighted by Crippen LogP contribution is -2.61. The van der Waals surface area contributed by atoms with Crippen LogP contribution in [0.2, 0.25) is 0 Å². The molecule has 8 heteroatoms. The molecule has 3 aliphatic heterocycles. The number of amides is 2. The first-order valence-corrected chi connectivity index (χ1v) is 10.9. The molecule has 1 aromatic carbocycles. The number of H-pyrrole nitrogens is 1. The number of aromatic nitrogens is 2. The van der Waals surface area contributed by atoms with Crippen molar-refractivity contribution >= 4 is 11.8 Å². The number of benzene rings is 1. The zero-order valence-electron chi connectivity index (χ0n) is 18.0. The molecule has 8 nitrogen and oxygen atoms in total. The van der Waals surface area contributed by atoms with Crippen LogP contribution in [0.25, 0.3) is 11.3 Å². The number of fused-ring (bicyclic) bond motifs is 4. The maximum atomic E-state index is 13.5. The minimum atomic E-state index is -0.0104. The molecular weight excluding hydrogens is 396 g/mol. The molecule has 2 amide bonds. The number of rotatable bonds is 4. The van der Waals surface area contributed by atoms with Crippen LogP contribution in [0.4, 0.5) is 0 Å². The second kappa shape index (κ2) is 7.90. The summed E-state index contributed by atoms with van der Waals surface area (Å²) < 4.78 is 10.7. The first kappa shape index (κ1) is 19.9. The Balaban J connectivity index is 1.39. The van der Waals surface area contributed by atoms with Crippen LogP contribution in [-0.2, 0) is 4.79 Å². The Morgan fingerprint density at radius 3 is 2.81 bits per heavy atom. The summed E-state index contributed by atoms with van der Waals surface area (Å²) in [5.74, 6) is 2.21. The Labute approximate surface area is 181 Å². The van der Waals surface area contributed by atoms with E-state index >= 15 is 0 Å². The lowest BCUT2D eigenvalue weighted by Gasteiger charge is -2.52. The molecular formula is C23H28N4O4. The van der Waals surface area contributed by atoms with Gasteiger partial charge < -0.3 is 19.3 Å². The first-order chi connectivity index (χ1) is 15.1. The van der Waals surface area contributed by atoms with Gasteiger partial charge in [-0.05, 0) is 49.3 Å². The molecule has 3 atom stereocenters. The van der Waals surface area contributed by atoms with E-state index in [1.54, 1.807) is 20.4 Å². The number of aromatic amines is 1. The van der Waals surface area contributed by atoms with Gasteiger partial charge in [-0.2, -0.15) is 5.10 Å². The maximum Gasteiger partial charge on any atom is 0.257 e. The summed E-state index contributed by atoms with van der Waals surface area (Å²) in [4.78, 5) is 29.9. The molecule has 31 heavy (non-hydrogen) atoms. The third-order valence-electron chi connectivity index (χ3n) is 7.01. The van der Waals surface area contributed by atoms with Gasteiger partial charge in [-0.25, -0.2) is 0 Å². The van der Waals surface area contributed by atoms with E-state index in [0.29, 0.717) is 54.1 Å². The van der Waals surface area contributed by atoms with Crippen molar-refractivity contribution in [2.45, 2.75) is 31.7 Å². The molecule has 1 N–H and O–H groups in total. The van der Waals surface area contributed by atoms with Gasteiger partial charge in [0.2, 0.25) is 5.91 Å². The highest BCUT2D eigenvalue weighted by Crippen LogP contribution is 2.39. The normalized spacial score (nSPS) is 25.2. The predicted molar refractivity (Wildman–Crippen MR) is 114 cm³/mol. The molecule has 1 aromatic heterocycles. The highest BCUT2D eigenvalue weighted by Gasteiger charge is 2.45. The van der Waals surface area contributed by atoms with E-state index in [9.17, 15) is 9.59 Å². The van der Waals surface area contributed by atoms with Crippen molar-refractivity contribution in [1.82, 2.24) is 20.0 Å². The Hall–Kier alpha value is -3.03. The zero-order valence-corrected chi connectivity index (χ0v) is 18.0. The van der Waals surface area contributed by atoms with Gasteiger partial charge in [0.15, 0.2) is 11.5 Å². The molecule has 2 aromatic rings. The molecule has 2 bridgehead atoms. The molecule has 3 saturated heterocycles. The number of carbonyl (C=O) groups is 2. The molecule has 0 spiro atoms. The number of nitrogens with one attached hydrogen (secondary N) is 1. The Morgan fingerprint density at radius 1 is 1.16 bits per heavy atom. The summed E-state index contributed by atoms with van der Waals surface area (Å²) in [6.45, 7) is 2.15. The molecule has 0 saturated carbocycles. The fourth-order valence-corrected chi connectivity index (χ4v) is 5.61. The number of methoxy groups -OCH3 is 2. The summed E-state index contributed by atoms with van der Waals surface area (Å²) in [5, 5.41) is 7.15. The monoisotopic (exact) mass is 424 g/mol. The number of hydrogen-bond acceptors (Lipinski definition) is 5. The molecule has 0 aliphatic carbocycles. The van der Waals surface area contributed by atoms with Crippen LogP contribution in [0.3, 0.4) is 0 Å². The summed E-state index contributed by atoms with van der Waals surface area (Å²) in [5.41, 5.74) is 2.06. The van der Waals surface area contributed by atoms with Crippen molar-refractivity contribution in [3.05, 3.63) is 30.0 Å². The van der Waals surface area contributed by atoms with E-state index in [2.05, 4.69) is 15.1 Å². The van der Waals surface area contributed by atoms with Crippen molar-refractivity contribution in [2.24, 2.45) is 11.8 Å². The quantitative estimate of drug-likeness (QED) is 0.815. The summed E-state index contributed by atoms with van der Waals surface area (Å²) in [6, 6.07) is 5.84. The van der Waals surface area contributed by atoms with Crippen LogP contribution in [-0.4, -0.2) is 71.7 Å². The van der Waals surface area contributed by atoms with Gasteiger partial charge in [-0.15, -0.1) is 0 Å². The smallest absolute Gasteiger partial charge is 0.257 e. The van der Waals surface area contributed by atoms with E-state index in [-0.39, 0.29) is 17.9 Å². The second-order valence-electron chi connectivity index (χ2n) is 8.81. The van der Waals surface area contributed by atoms with E-state index in [4.69, 9.17) is 9.47 Å². The van der Waals surface area contributed by atoms with E-state index in [1.165, 1.54) is 0 Å². The summed E-state index contributed by atoms with van der Waals surface area (Å²) in [7, 11) is 3.18. The van der Waals surface area contributed by atoms with Gasteiger partial charge >= 0.3 is 0 Å². The fraction of sp³-hybridized carbons (Fsp3) is 0.522. The number of piperidine rings is 3. The molecule has 5 rings (SSSR count). The van der Waals surface area contributed by atoms with Crippen LogP contribution < -0.4 is 9.47 Å². The number of likely N-dealkylation sites (tertiary alicyclic amines) is 1. The molecule has 4 heterocycles. The van der Waals surface area contributed by atoms with E-state index in [1.807, 2.05) is 23.1 Å². The Morgan fingerprint density at radius 2 is 2.00 bits per heavy atom. The Bertz CT molecular complexity index is 1000. The van der Waals surface area contributed by atoms with Gasteiger partial charge in [0.25, 0.3) is 5.91 Å². The van der Waals surface area contributed by atoms with Crippen molar-refractivity contribution in [1.29, 1.82) is 0 Å². The molecule has 3 fully saturated rings. The highest BCUT2D eigenvalue weighted by molar-refractivity contribution is 6.00. The standard InChI is InChI=1S/C23H28N4O4/c1-30-19-7-6-15(9-20(19)31-2)22-17(10-24-25-22)23(29)26-11-14-8-16(13-26)18-4-3-5-21(28)27(18)12-14/h6-7,9-10,14,16,18H,3-5,8,11-13H2,1-2H3,(H,24,25). The predicted octanol–water partition coefficient (Wildman–Crippen LogP) is 2.57. The largest absolute Gasteiger partial charge is 0.493 e. The third-order valence-corrected chi connectivity index (χ3v) is 7.01. The van der Waals surface area contributed by atoms with Crippen LogP contribution in [0.15, 0.2) is 24.4 Å². The van der Waals surface area contributed by atoms with Crippen LogP contribution in [0, 0.1) is 11.8 Å². The molecule has 3 unspecified atom stereocenters. The molecule has 164 valence electrons. The van der Waals surface area contributed by atoms with Gasteiger partial charge in [0.1, 0.15) is 0 Å². The van der Waals surface area contributed by atoms with Gasteiger partial charge in [0, 0.05) is 37.7 Å². The summed E-state index contributed by atoms with van der Waals surface area (Å²) >= 11 is 0. The fourth-order valence-electron chi connectivity index (χ4n) is 5.61. The third kappa shape index (κ3) is 3.43. The number of ether oxygens (including phenoxy) is 2. The Kier molecular flexibility index (Phi) is 5.08. The average molecular weight is 425 g/mol. The van der Waals surface area contributed by atoms with Crippen LogP contribution in [0.5, 0.6) is 11.5 Å². The molecule has 0 radical (unpaired) electrons. The topological polar surface area (TPSA) is 87.8 Å². The van der Waals surface area contributed by atoms with Gasteiger partial charge in [-0.3, -0.25) is 14.7 Å². The van der Waals surface area contributed by atoms with E-state index in [0.717, 1.165) is 31.4 Å². The van der Waals surface area contributed by atoms with Crippen LogP contribution in [0.1, 0.15) is 36.0 Å². The summed E-state index contributed by atoms with van der Waals surface area (Å²) in [6.07, 6.45) is 5.39. The number of hydrogen-bond donors (Lipinski definition) is 1. The zero-order chi connectivity index (χ0) is 21.5. The van der Waals surface area contributed by atoms with Crippen molar-refractivity contribution in [3.63, 3.8) is 0 Å². The van der Waals surface area contributed by atoms with Gasteiger partial charge in [0.05, 0.1) is 31.7 Å². The first-order valence-electron chi connectivity index (χ1n) is 10.9. The van der Waals surface area contributed by atoms with E-state index < -0.39 is 0 Å². The maximum absolute atomic E-state index is 13.5. The van der Waals surface area contributed by atoms with Crippen molar-refractivity contribution in [3.8, 4) is 22.8 Å².